The standard InChI is InChI=1S/2Al.6NO3.9H2O/c;;6*2-1(3)4;;;;;;;;;/h;;;;;;;;9*1H2/q2*+3;6*-1;;;;;;;;;. The van der Waals surface area contributed by atoms with Crippen LogP contribution in [0.3, 0.4) is 0 Å². The van der Waals surface area contributed by atoms with Crippen molar-refractivity contribution >= 4 is 34.7 Å². The third-order valence-corrected chi connectivity index (χ3v) is 0. The van der Waals surface area contributed by atoms with Crippen LogP contribution in [0.1, 0.15) is 0 Å². The van der Waals surface area contributed by atoms with E-state index in [1.807, 2.05) is 0 Å². The minimum atomic E-state index is -1.75. The summed E-state index contributed by atoms with van der Waals surface area (Å²) in [7, 11) is 0. The Bertz CT molecular complexity index is 265. The Kier molecular flexibility index (Phi) is 528. The number of hydrogen-bond donors (Lipinski definition) is 0. The molecule has 0 aromatic carbocycles. The molecule has 0 aliphatic rings. The summed E-state index contributed by atoms with van der Waals surface area (Å²) in [6.07, 6.45) is 0. The van der Waals surface area contributed by atoms with E-state index in [0.29, 0.717) is 0 Å². The molecule has 0 aliphatic heterocycles. The molecule has 0 radical (unpaired) electrons. The molecule has 0 spiro atoms. The Labute approximate surface area is 207 Å². The molecule has 0 amide bonds. The van der Waals surface area contributed by atoms with E-state index in [9.17, 15) is 0 Å². The van der Waals surface area contributed by atoms with Crippen molar-refractivity contribution < 1.29 is 79.8 Å². The summed E-state index contributed by atoms with van der Waals surface area (Å²) in [6, 6.07) is 0. The van der Waals surface area contributed by atoms with E-state index in [4.69, 9.17) is 91.9 Å². The summed E-state index contributed by atoms with van der Waals surface area (Å²) in [5.74, 6) is 0. The zero-order chi connectivity index (χ0) is 21.5. The molecule has 0 aliphatic carbocycles. The second-order valence-corrected chi connectivity index (χ2v) is 1.34. The molecule has 0 rings (SSSR count). The smallest absolute Gasteiger partial charge is 0.412 e. The summed E-state index contributed by atoms with van der Waals surface area (Å²) in [5.41, 5.74) is 0. The van der Waals surface area contributed by atoms with Gasteiger partial charge in [0.15, 0.2) is 0 Å². The first-order valence-corrected chi connectivity index (χ1v) is 3.29. The van der Waals surface area contributed by atoms with Crippen LogP contribution in [0.4, 0.5) is 0 Å². The van der Waals surface area contributed by atoms with Gasteiger partial charge < -0.3 is 141 Å². The van der Waals surface area contributed by atoms with E-state index in [-0.39, 0.29) is 84.0 Å². The van der Waals surface area contributed by atoms with Gasteiger partial charge in [0.05, 0.1) is 30.5 Å². The van der Waals surface area contributed by atoms with Gasteiger partial charge in [0.25, 0.3) is 0 Å². The van der Waals surface area contributed by atoms with Crippen LogP contribution in [-0.4, -0.2) is 115 Å². The van der Waals surface area contributed by atoms with Gasteiger partial charge in [-0.3, -0.25) is 0 Å². The minimum absolute atomic E-state index is 0. The van der Waals surface area contributed by atoms with E-state index < -0.39 is 30.5 Å². The maximum Gasteiger partial charge on any atom is 3.00 e. The minimum Gasteiger partial charge on any atom is -0.412 e. The molecule has 0 bridgehead atoms. The van der Waals surface area contributed by atoms with Gasteiger partial charge in [-0.25, -0.2) is 0 Å². The molecule has 0 heterocycles. The second-order valence-electron chi connectivity index (χ2n) is 1.34. The normalized spacial score (nSPS) is 4.11. The van der Waals surface area contributed by atoms with Crippen LogP contribution in [0.2, 0.25) is 0 Å². The average Bonchev–Trinajstić information content (AvgIpc) is 2.08. The van der Waals surface area contributed by atoms with Crippen molar-refractivity contribution in [2.24, 2.45) is 0 Å². The SMILES string of the molecule is O.O.O.O.O.O.O.O.O.O=[N+]([O-])[O-].O=[N+]([O-])[O-].O=[N+]([O-])[O-].O=[N+]([O-])[O-].O=[N+]([O-])[O-].O=[N+]([O-])[O-].[Al+3].[Al+3]. The molecule has 35 heteroatoms. The first-order valence-electron chi connectivity index (χ1n) is 3.29. The van der Waals surface area contributed by atoms with Gasteiger partial charge in [-0.15, -0.1) is 0 Å². The summed E-state index contributed by atoms with van der Waals surface area (Å²) >= 11 is 0. The van der Waals surface area contributed by atoms with E-state index in [2.05, 4.69) is 0 Å². The van der Waals surface area contributed by atoms with Crippen LogP contribution < -0.4 is 0 Å². The molecule has 0 aromatic heterocycles. The zero-order valence-electron chi connectivity index (χ0n) is 15.7. The molecule has 35 heavy (non-hydrogen) atoms. The fourth-order valence-electron chi connectivity index (χ4n) is 0. The first-order chi connectivity index (χ1) is 10.4. The molecule has 0 fully saturated rings. The monoisotopic (exact) mass is 588 g/mol. The van der Waals surface area contributed by atoms with Crippen molar-refractivity contribution in [3.8, 4) is 0 Å². The fraction of sp³-hybridized carbons (Fsp3) is 0. The van der Waals surface area contributed by atoms with Crippen LogP contribution in [0, 0.1) is 91.9 Å². The molecule has 0 aromatic rings. The largest absolute Gasteiger partial charge is 3.00 e. The Morgan fingerprint density at radius 3 is 0.229 bits per heavy atom. The van der Waals surface area contributed by atoms with Gasteiger partial charge in [0.2, 0.25) is 0 Å². The van der Waals surface area contributed by atoms with Crippen molar-refractivity contribution in [2.75, 3.05) is 0 Å². The molecule has 0 atom stereocenters. The molecular weight excluding hydrogens is 570 g/mol. The van der Waals surface area contributed by atoms with Gasteiger partial charge in [0, 0.05) is 0 Å². The number of hydrogen-bond acceptors (Lipinski definition) is 18. The van der Waals surface area contributed by atoms with E-state index >= 15 is 0 Å². The van der Waals surface area contributed by atoms with Crippen molar-refractivity contribution in [3.05, 3.63) is 91.9 Å². The van der Waals surface area contributed by atoms with Crippen molar-refractivity contribution in [1.29, 1.82) is 0 Å². The Morgan fingerprint density at radius 1 is 0.229 bits per heavy atom. The molecule has 0 saturated carbocycles. The Balaban J connectivity index is -0.00000000697. The number of rotatable bonds is 0. The van der Waals surface area contributed by atoms with E-state index in [1.54, 1.807) is 0 Å². The quantitative estimate of drug-likeness (QED) is 0.144. The predicted molar refractivity (Wildman–Crippen MR) is 106 cm³/mol. The third-order valence-electron chi connectivity index (χ3n) is 0. The van der Waals surface area contributed by atoms with Gasteiger partial charge in [-0.1, -0.05) is 0 Å². The van der Waals surface area contributed by atoms with Gasteiger partial charge in [0.1, 0.15) is 0 Å². The van der Waals surface area contributed by atoms with E-state index in [1.165, 1.54) is 0 Å². The molecule has 33 nitrogen and oxygen atoms in total. The molecule has 18 N–H and O–H groups in total. The van der Waals surface area contributed by atoms with Crippen LogP contribution in [-0.2, 0) is 0 Å². The predicted octanol–water partition coefficient (Wildman–Crippen LogP) is -9.62. The molecular formula is H18Al2N6O27. The Morgan fingerprint density at radius 2 is 0.229 bits per heavy atom. The molecule has 216 valence electrons. The third kappa shape index (κ3) is 1390. The number of nitrogens with zero attached hydrogens (tertiary/aromatic N) is 6. The van der Waals surface area contributed by atoms with Gasteiger partial charge in [-0.2, -0.15) is 0 Å². The summed E-state index contributed by atoms with van der Waals surface area (Å²) < 4.78 is 0. The molecule has 0 unspecified atom stereocenters. The summed E-state index contributed by atoms with van der Waals surface area (Å²) in [5, 5.41) is 88.5. The summed E-state index contributed by atoms with van der Waals surface area (Å²) in [4.78, 5) is 49.5. The van der Waals surface area contributed by atoms with Crippen molar-refractivity contribution in [1.82, 2.24) is 0 Å². The van der Waals surface area contributed by atoms with Gasteiger partial charge >= 0.3 is 34.7 Å². The maximum absolute atomic E-state index is 8.25. The zero-order valence-corrected chi connectivity index (χ0v) is 18.0. The van der Waals surface area contributed by atoms with Gasteiger partial charge in [-0.05, 0) is 0 Å². The Hall–Kier alpha value is -4.10. The topological polar surface area (TPSA) is 681 Å². The van der Waals surface area contributed by atoms with Crippen LogP contribution in [0.15, 0.2) is 0 Å². The van der Waals surface area contributed by atoms with Crippen molar-refractivity contribution in [3.63, 3.8) is 0 Å². The second kappa shape index (κ2) is 129. The van der Waals surface area contributed by atoms with Crippen molar-refractivity contribution in [2.45, 2.75) is 0 Å². The summed E-state index contributed by atoms with van der Waals surface area (Å²) in [6.45, 7) is 0. The van der Waals surface area contributed by atoms with E-state index in [0.717, 1.165) is 0 Å². The van der Waals surface area contributed by atoms with Crippen LogP contribution >= 0.6 is 0 Å². The molecule has 0 saturated heterocycles. The van der Waals surface area contributed by atoms with Crippen LogP contribution in [0.25, 0.3) is 0 Å². The van der Waals surface area contributed by atoms with Crippen LogP contribution in [0.5, 0.6) is 0 Å². The fourth-order valence-corrected chi connectivity index (χ4v) is 0. The maximum atomic E-state index is 8.25. The first kappa shape index (κ1) is 143. The average molecular weight is 588 g/mol.